The van der Waals surface area contributed by atoms with Gasteiger partial charge in [-0.05, 0) is 43.0 Å². The number of carbonyl (C=O) groups is 1. The van der Waals surface area contributed by atoms with Crippen LogP contribution in [0.3, 0.4) is 0 Å². The average Bonchev–Trinajstić information content (AvgIpc) is 2.78. The van der Waals surface area contributed by atoms with E-state index in [0.717, 1.165) is 0 Å². The number of rotatable bonds is 5. The summed E-state index contributed by atoms with van der Waals surface area (Å²) in [5.74, 6) is 1.28. The fraction of sp³-hybridized carbons (Fsp3) is 0.500. The summed E-state index contributed by atoms with van der Waals surface area (Å²) in [6, 6.07) is 6.87. The molecular formula is C14H19NO4S. The third-order valence-corrected chi connectivity index (χ3v) is 5.35. The van der Waals surface area contributed by atoms with Gasteiger partial charge < -0.3 is 10.1 Å². The largest absolute Gasteiger partial charge is 0.497 e. The van der Waals surface area contributed by atoms with E-state index in [2.05, 4.69) is 5.32 Å². The molecule has 1 aromatic carbocycles. The molecule has 1 aliphatic rings. The third-order valence-electron chi connectivity index (χ3n) is 3.52. The van der Waals surface area contributed by atoms with Gasteiger partial charge in [-0.15, -0.1) is 0 Å². The highest BCUT2D eigenvalue weighted by Crippen LogP contribution is 2.21. The molecular weight excluding hydrogens is 278 g/mol. The van der Waals surface area contributed by atoms with Gasteiger partial charge in [-0.25, -0.2) is 8.42 Å². The minimum atomic E-state index is -2.83. The van der Waals surface area contributed by atoms with E-state index >= 15 is 0 Å². The lowest BCUT2D eigenvalue weighted by Gasteiger charge is -2.09. The number of hydrogen-bond donors (Lipinski definition) is 1. The van der Waals surface area contributed by atoms with Crippen LogP contribution in [0.25, 0.3) is 0 Å². The number of nitrogens with one attached hydrogen (secondary N) is 1. The van der Waals surface area contributed by atoms with Crippen LogP contribution in [0.5, 0.6) is 5.75 Å². The van der Waals surface area contributed by atoms with Crippen molar-refractivity contribution in [2.45, 2.75) is 12.8 Å². The zero-order chi connectivity index (χ0) is 14.6. The second-order valence-corrected chi connectivity index (χ2v) is 7.27. The zero-order valence-corrected chi connectivity index (χ0v) is 12.3. The number of hydrogen-bond acceptors (Lipinski definition) is 4. The fourth-order valence-electron chi connectivity index (χ4n) is 2.33. The number of methoxy groups -OCH3 is 1. The number of ether oxygens (including phenoxy) is 1. The summed E-state index contributed by atoms with van der Waals surface area (Å²) in [6.45, 7) is 0.505. The highest BCUT2D eigenvalue weighted by Gasteiger charge is 2.27. The maximum absolute atomic E-state index is 11.9. The van der Waals surface area contributed by atoms with Gasteiger partial charge in [-0.2, -0.15) is 0 Å². The van der Waals surface area contributed by atoms with Crippen LogP contribution < -0.4 is 10.1 Å². The highest BCUT2D eigenvalue weighted by atomic mass is 32.2. The van der Waals surface area contributed by atoms with Crippen molar-refractivity contribution >= 4 is 15.7 Å². The second kappa shape index (κ2) is 6.26. The fourth-order valence-corrected chi connectivity index (χ4v) is 4.24. The van der Waals surface area contributed by atoms with Crippen molar-refractivity contribution in [2.24, 2.45) is 5.92 Å². The van der Waals surface area contributed by atoms with Gasteiger partial charge in [0, 0.05) is 12.1 Å². The lowest BCUT2D eigenvalue weighted by molar-refractivity contribution is 0.0951. The lowest BCUT2D eigenvalue weighted by atomic mass is 10.1. The molecule has 1 N–H and O–H groups in total. The van der Waals surface area contributed by atoms with Crippen LogP contribution in [-0.4, -0.2) is 39.5 Å². The highest BCUT2D eigenvalue weighted by molar-refractivity contribution is 7.91. The summed E-state index contributed by atoms with van der Waals surface area (Å²) in [4.78, 5) is 11.9. The Morgan fingerprint density at radius 3 is 2.60 bits per heavy atom. The average molecular weight is 297 g/mol. The first kappa shape index (κ1) is 14.8. The lowest BCUT2D eigenvalue weighted by Crippen LogP contribution is -2.26. The maximum atomic E-state index is 11.9. The van der Waals surface area contributed by atoms with E-state index in [0.29, 0.717) is 30.7 Å². The van der Waals surface area contributed by atoms with E-state index in [1.807, 2.05) is 0 Å². The van der Waals surface area contributed by atoms with Gasteiger partial charge in [0.25, 0.3) is 5.91 Å². The predicted octanol–water partition coefficient (Wildman–Crippen LogP) is 1.25. The Morgan fingerprint density at radius 1 is 1.35 bits per heavy atom. The van der Waals surface area contributed by atoms with E-state index in [1.165, 1.54) is 0 Å². The van der Waals surface area contributed by atoms with Crippen LogP contribution in [0.4, 0.5) is 0 Å². The molecule has 0 radical (unpaired) electrons. The smallest absolute Gasteiger partial charge is 0.251 e. The van der Waals surface area contributed by atoms with E-state index in [9.17, 15) is 13.2 Å². The molecule has 0 saturated carbocycles. The Labute approximate surface area is 119 Å². The van der Waals surface area contributed by atoms with E-state index in [4.69, 9.17) is 4.74 Å². The minimum absolute atomic E-state index is 0.145. The Morgan fingerprint density at radius 2 is 2.05 bits per heavy atom. The molecule has 1 heterocycles. The first-order valence-electron chi connectivity index (χ1n) is 6.63. The van der Waals surface area contributed by atoms with Gasteiger partial charge >= 0.3 is 0 Å². The van der Waals surface area contributed by atoms with Crippen molar-refractivity contribution in [3.05, 3.63) is 29.8 Å². The molecule has 1 amide bonds. The molecule has 1 unspecified atom stereocenters. The van der Waals surface area contributed by atoms with Crippen LogP contribution in [-0.2, 0) is 9.84 Å². The number of amides is 1. The Hall–Kier alpha value is -1.56. The van der Waals surface area contributed by atoms with Crippen molar-refractivity contribution in [3.8, 4) is 5.75 Å². The maximum Gasteiger partial charge on any atom is 0.251 e. The summed E-state index contributed by atoms with van der Waals surface area (Å²) >= 11 is 0. The van der Waals surface area contributed by atoms with Crippen molar-refractivity contribution in [3.63, 3.8) is 0 Å². The third kappa shape index (κ3) is 3.96. The van der Waals surface area contributed by atoms with Crippen LogP contribution in [0, 0.1) is 5.92 Å². The molecule has 0 bridgehead atoms. The van der Waals surface area contributed by atoms with Gasteiger partial charge in [0.2, 0.25) is 0 Å². The molecule has 2 rings (SSSR count). The topological polar surface area (TPSA) is 72.5 Å². The monoisotopic (exact) mass is 297 g/mol. The SMILES string of the molecule is COc1ccc(C(=O)NCCC2CCS(=O)(=O)C2)cc1. The van der Waals surface area contributed by atoms with E-state index in [1.54, 1.807) is 31.4 Å². The van der Waals surface area contributed by atoms with Crippen molar-refractivity contribution in [1.82, 2.24) is 5.32 Å². The number of sulfone groups is 1. The van der Waals surface area contributed by atoms with Crippen LogP contribution in [0.1, 0.15) is 23.2 Å². The first-order valence-corrected chi connectivity index (χ1v) is 8.45. The zero-order valence-electron chi connectivity index (χ0n) is 11.5. The minimum Gasteiger partial charge on any atom is -0.497 e. The van der Waals surface area contributed by atoms with Crippen molar-refractivity contribution in [2.75, 3.05) is 25.2 Å². The number of carbonyl (C=O) groups excluding carboxylic acids is 1. The summed E-state index contributed by atoms with van der Waals surface area (Å²) in [7, 11) is -1.26. The molecule has 20 heavy (non-hydrogen) atoms. The first-order chi connectivity index (χ1) is 9.50. The molecule has 6 heteroatoms. The van der Waals surface area contributed by atoms with Gasteiger partial charge in [0.1, 0.15) is 5.75 Å². The Balaban J connectivity index is 1.77. The molecule has 1 saturated heterocycles. The van der Waals surface area contributed by atoms with Crippen molar-refractivity contribution in [1.29, 1.82) is 0 Å². The molecule has 0 aromatic heterocycles. The van der Waals surface area contributed by atoms with Crippen LogP contribution in [0.2, 0.25) is 0 Å². The molecule has 0 spiro atoms. The van der Waals surface area contributed by atoms with Crippen molar-refractivity contribution < 1.29 is 17.9 Å². The van der Waals surface area contributed by atoms with Crippen LogP contribution >= 0.6 is 0 Å². The molecule has 0 aliphatic carbocycles. The Bertz CT molecular complexity index is 565. The summed E-state index contributed by atoms with van der Waals surface area (Å²) in [5.41, 5.74) is 0.574. The van der Waals surface area contributed by atoms with E-state index < -0.39 is 9.84 Å². The van der Waals surface area contributed by atoms with Gasteiger partial charge in [-0.3, -0.25) is 4.79 Å². The summed E-state index contributed by atoms with van der Waals surface area (Å²) in [5, 5.41) is 2.82. The summed E-state index contributed by atoms with van der Waals surface area (Å²) < 4.78 is 27.7. The molecule has 1 aliphatic heterocycles. The second-order valence-electron chi connectivity index (χ2n) is 5.04. The van der Waals surface area contributed by atoms with E-state index in [-0.39, 0.29) is 23.3 Å². The normalized spacial score (nSPS) is 20.6. The molecule has 1 aromatic rings. The van der Waals surface area contributed by atoms with Gasteiger partial charge in [0.05, 0.1) is 18.6 Å². The molecule has 110 valence electrons. The quantitative estimate of drug-likeness (QED) is 0.888. The van der Waals surface area contributed by atoms with Gasteiger partial charge in [-0.1, -0.05) is 0 Å². The Kier molecular flexibility index (Phi) is 4.65. The standard InChI is InChI=1S/C14H19NO4S/c1-19-13-4-2-12(3-5-13)14(16)15-8-6-11-7-9-20(17,18)10-11/h2-5,11H,6-10H2,1H3,(H,15,16). The number of benzene rings is 1. The molecule has 5 nitrogen and oxygen atoms in total. The molecule has 1 atom stereocenters. The summed E-state index contributed by atoms with van der Waals surface area (Å²) in [6.07, 6.45) is 1.42. The predicted molar refractivity (Wildman–Crippen MR) is 76.7 cm³/mol. The van der Waals surface area contributed by atoms with Crippen LogP contribution in [0.15, 0.2) is 24.3 Å². The molecule has 1 fully saturated rings. The van der Waals surface area contributed by atoms with Gasteiger partial charge in [0.15, 0.2) is 9.84 Å².